The monoisotopic (exact) mass is 1120 g/mol. The molecule has 1 unspecified atom stereocenters. The second-order valence-electron chi connectivity index (χ2n) is 21.6. The van der Waals surface area contributed by atoms with Gasteiger partial charge in [0.1, 0.15) is 13.2 Å². The molecule has 0 saturated carbocycles. The predicted molar refractivity (Wildman–Crippen MR) is 352 cm³/mol. The summed E-state index contributed by atoms with van der Waals surface area (Å²) >= 11 is 0. The molecule has 0 rings (SSSR count). The van der Waals surface area contributed by atoms with E-state index >= 15 is 0 Å². The Morgan fingerprint density at radius 3 is 0.778 bits per heavy atom. The van der Waals surface area contributed by atoms with Crippen molar-refractivity contribution in [1.82, 2.24) is 0 Å². The van der Waals surface area contributed by atoms with Gasteiger partial charge in [-0.1, -0.05) is 295 Å². The van der Waals surface area contributed by atoms with Gasteiger partial charge in [-0.2, -0.15) is 0 Å². The molecule has 0 N–H and O–H groups in total. The number of carbonyl (C=O) groups is 3. The number of carbonyl (C=O) groups excluding carboxylic acids is 3. The van der Waals surface area contributed by atoms with E-state index in [4.69, 9.17) is 14.2 Å². The topological polar surface area (TPSA) is 78.9 Å². The van der Waals surface area contributed by atoms with Crippen LogP contribution in [0.2, 0.25) is 0 Å². The number of rotatable bonds is 59. The molecule has 0 aliphatic heterocycles. The highest BCUT2D eigenvalue weighted by Gasteiger charge is 2.19. The average molecular weight is 1120 g/mol. The van der Waals surface area contributed by atoms with Crippen LogP contribution in [0, 0.1) is 0 Å². The van der Waals surface area contributed by atoms with E-state index in [1.807, 2.05) is 0 Å². The molecular formula is C75H122O6. The number of hydrogen-bond donors (Lipinski definition) is 0. The van der Waals surface area contributed by atoms with Gasteiger partial charge in [-0.3, -0.25) is 14.4 Å². The van der Waals surface area contributed by atoms with Crippen molar-refractivity contribution in [3.8, 4) is 0 Å². The van der Waals surface area contributed by atoms with Gasteiger partial charge in [-0.05, 0) is 122 Å². The van der Waals surface area contributed by atoms with Gasteiger partial charge >= 0.3 is 17.9 Å². The van der Waals surface area contributed by atoms with Crippen molar-refractivity contribution < 1.29 is 28.6 Å². The first-order chi connectivity index (χ1) is 40.0. The molecule has 0 saturated heterocycles. The highest BCUT2D eigenvalue weighted by atomic mass is 16.6. The quantitative estimate of drug-likeness (QED) is 0.0261. The molecule has 0 heterocycles. The molecule has 0 bridgehead atoms. The lowest BCUT2D eigenvalue weighted by atomic mass is 10.0. The van der Waals surface area contributed by atoms with Crippen molar-refractivity contribution in [2.45, 2.75) is 297 Å². The van der Waals surface area contributed by atoms with Crippen molar-refractivity contribution in [1.29, 1.82) is 0 Å². The molecule has 0 spiro atoms. The molecule has 0 aromatic heterocycles. The molecule has 0 fully saturated rings. The summed E-state index contributed by atoms with van der Waals surface area (Å²) in [6.07, 6.45) is 97.1. The third-order valence-electron chi connectivity index (χ3n) is 13.8. The molecular weight excluding hydrogens is 997 g/mol. The minimum absolute atomic E-state index is 0.0989. The Bertz CT molecular complexity index is 1760. The number of hydrogen-bond acceptors (Lipinski definition) is 6. The molecule has 6 nitrogen and oxygen atoms in total. The van der Waals surface area contributed by atoms with Crippen LogP contribution in [-0.4, -0.2) is 37.2 Å². The molecule has 0 radical (unpaired) electrons. The first kappa shape index (κ1) is 76.3. The lowest BCUT2D eigenvalue weighted by Gasteiger charge is -2.18. The highest BCUT2D eigenvalue weighted by molar-refractivity contribution is 5.71. The maximum atomic E-state index is 12.9. The van der Waals surface area contributed by atoms with Gasteiger partial charge in [0.2, 0.25) is 0 Å². The third-order valence-corrected chi connectivity index (χ3v) is 13.8. The Morgan fingerprint density at radius 1 is 0.259 bits per heavy atom. The van der Waals surface area contributed by atoms with Crippen LogP contribution in [-0.2, 0) is 28.6 Å². The summed E-state index contributed by atoms with van der Waals surface area (Å²) in [5.74, 6) is -0.944. The SMILES string of the molecule is CC/C=C\C/C=C\C/C=C\C/C=C\C/C=C\C/C=C\CCCCCCCCCCCCC(=O)OCC(COC(=O)CCCCCCCCCCCCCCC)OC(=O)CCCC/C=C\C/C=C\C/C=C\C/C=C\C/C=C\C/C=C\CC. The van der Waals surface area contributed by atoms with Gasteiger partial charge in [0.25, 0.3) is 0 Å². The zero-order valence-electron chi connectivity index (χ0n) is 52.5. The summed E-state index contributed by atoms with van der Waals surface area (Å²) in [4.78, 5) is 38.3. The lowest BCUT2D eigenvalue weighted by molar-refractivity contribution is -0.167. The normalized spacial score (nSPS) is 13.1. The largest absolute Gasteiger partial charge is 0.462 e. The number of esters is 3. The maximum absolute atomic E-state index is 12.9. The Morgan fingerprint density at radius 2 is 0.481 bits per heavy atom. The molecule has 0 aromatic carbocycles. The summed E-state index contributed by atoms with van der Waals surface area (Å²) < 4.78 is 16.9. The van der Waals surface area contributed by atoms with Gasteiger partial charge in [0.15, 0.2) is 6.10 Å². The van der Waals surface area contributed by atoms with E-state index in [9.17, 15) is 14.4 Å². The molecule has 81 heavy (non-hydrogen) atoms. The van der Waals surface area contributed by atoms with Crippen molar-refractivity contribution in [2.75, 3.05) is 13.2 Å². The first-order valence-corrected chi connectivity index (χ1v) is 33.3. The van der Waals surface area contributed by atoms with Crippen LogP contribution in [0.5, 0.6) is 0 Å². The van der Waals surface area contributed by atoms with E-state index < -0.39 is 6.10 Å². The van der Waals surface area contributed by atoms with Crippen LogP contribution in [0.15, 0.2) is 146 Å². The fourth-order valence-corrected chi connectivity index (χ4v) is 8.92. The van der Waals surface area contributed by atoms with E-state index in [2.05, 4.69) is 167 Å². The second kappa shape index (κ2) is 67.8. The number of ether oxygens (including phenoxy) is 3. The Balaban J connectivity index is 4.39. The summed E-state index contributed by atoms with van der Waals surface area (Å²) in [6, 6.07) is 0. The standard InChI is InChI=1S/C75H122O6/c1-4-7-10-13-16-19-22-25-27-29-31-33-34-35-36-37-38-39-40-42-43-45-47-50-53-56-59-62-65-68-74(77)80-71-72(70-79-73(76)67-64-61-58-55-52-49-24-21-18-15-12-9-6-3)81-75(78)69-66-63-60-57-54-51-48-46-44-41-32-30-28-26-23-20-17-14-11-8-5-2/h7-8,10-11,16-17,19-20,25-28,31-33,35-36,38-39,41,46,48,54,57,72H,4-6,9,12-15,18,21-24,29-30,34,37,40,42-45,47,49-53,55-56,58-71H2,1-3H3/b10-7-,11-8-,19-16-,20-17-,27-25-,28-26-,33-31-,36-35-,39-38-,41-32-,48-46-,57-54-. The van der Waals surface area contributed by atoms with Crippen LogP contribution < -0.4 is 0 Å². The molecule has 6 heteroatoms. The van der Waals surface area contributed by atoms with Crippen LogP contribution >= 0.6 is 0 Å². The molecule has 0 aliphatic carbocycles. The van der Waals surface area contributed by atoms with E-state index in [1.165, 1.54) is 116 Å². The Labute approximate surface area is 499 Å². The zero-order chi connectivity index (χ0) is 58.5. The van der Waals surface area contributed by atoms with Gasteiger partial charge in [-0.25, -0.2) is 0 Å². The Hall–Kier alpha value is -4.71. The van der Waals surface area contributed by atoms with E-state index in [-0.39, 0.29) is 37.5 Å². The van der Waals surface area contributed by atoms with E-state index in [1.54, 1.807) is 0 Å². The van der Waals surface area contributed by atoms with Crippen LogP contribution in [0.1, 0.15) is 290 Å². The van der Waals surface area contributed by atoms with Crippen LogP contribution in [0.25, 0.3) is 0 Å². The molecule has 0 amide bonds. The molecule has 0 aromatic rings. The fraction of sp³-hybridized carbons (Fsp3) is 0.640. The second-order valence-corrected chi connectivity index (χ2v) is 21.6. The summed E-state index contributed by atoms with van der Waals surface area (Å²) in [5.41, 5.74) is 0. The van der Waals surface area contributed by atoms with Crippen molar-refractivity contribution in [3.05, 3.63) is 146 Å². The fourth-order valence-electron chi connectivity index (χ4n) is 8.92. The van der Waals surface area contributed by atoms with Gasteiger partial charge in [-0.15, -0.1) is 0 Å². The van der Waals surface area contributed by atoms with E-state index in [0.717, 1.165) is 128 Å². The average Bonchev–Trinajstić information content (AvgIpc) is 3.46. The summed E-state index contributed by atoms with van der Waals surface area (Å²) in [5, 5.41) is 0. The van der Waals surface area contributed by atoms with Crippen LogP contribution in [0.4, 0.5) is 0 Å². The lowest BCUT2D eigenvalue weighted by Crippen LogP contribution is -2.30. The minimum Gasteiger partial charge on any atom is -0.462 e. The van der Waals surface area contributed by atoms with E-state index in [0.29, 0.717) is 19.3 Å². The Kier molecular flexibility index (Phi) is 63.9. The summed E-state index contributed by atoms with van der Waals surface area (Å²) in [6.45, 7) is 6.38. The molecule has 0 aliphatic rings. The van der Waals surface area contributed by atoms with Crippen LogP contribution in [0.3, 0.4) is 0 Å². The first-order valence-electron chi connectivity index (χ1n) is 33.3. The zero-order valence-corrected chi connectivity index (χ0v) is 52.5. The number of allylic oxidation sites excluding steroid dienone is 24. The van der Waals surface area contributed by atoms with Crippen molar-refractivity contribution in [2.24, 2.45) is 0 Å². The third kappa shape index (κ3) is 66.0. The van der Waals surface area contributed by atoms with Crippen molar-refractivity contribution in [3.63, 3.8) is 0 Å². The highest BCUT2D eigenvalue weighted by Crippen LogP contribution is 2.16. The predicted octanol–water partition coefficient (Wildman–Crippen LogP) is 23.1. The van der Waals surface area contributed by atoms with Gasteiger partial charge in [0, 0.05) is 19.3 Å². The smallest absolute Gasteiger partial charge is 0.306 e. The number of unbranched alkanes of at least 4 members (excludes halogenated alkanes) is 24. The maximum Gasteiger partial charge on any atom is 0.306 e. The minimum atomic E-state index is -0.808. The van der Waals surface area contributed by atoms with Crippen molar-refractivity contribution >= 4 is 17.9 Å². The van der Waals surface area contributed by atoms with Gasteiger partial charge < -0.3 is 14.2 Å². The molecule has 1 atom stereocenters. The summed E-state index contributed by atoms with van der Waals surface area (Å²) in [7, 11) is 0. The van der Waals surface area contributed by atoms with Gasteiger partial charge in [0.05, 0.1) is 0 Å². The molecule has 458 valence electrons.